The number of aromatic amines is 1. The summed E-state index contributed by atoms with van der Waals surface area (Å²) in [6.07, 6.45) is 11.1. The second-order valence-corrected chi connectivity index (χ2v) is 11.9. The van der Waals surface area contributed by atoms with Crippen LogP contribution in [-0.4, -0.2) is 43.6 Å². The van der Waals surface area contributed by atoms with Gasteiger partial charge in [0.05, 0.1) is 6.20 Å². The molecule has 4 bridgehead atoms. The molecule has 1 unspecified atom stereocenters. The molecule has 0 aliphatic heterocycles. The molecule has 2 amide bonds. The summed E-state index contributed by atoms with van der Waals surface area (Å²) >= 11 is 0. The van der Waals surface area contributed by atoms with Crippen molar-refractivity contribution in [3.05, 3.63) is 42.0 Å². The Bertz CT molecular complexity index is 1320. The minimum absolute atomic E-state index is 0.0779. The highest BCUT2D eigenvalue weighted by molar-refractivity contribution is 5.92. The number of H-pyrrole nitrogens is 1. The molecule has 1 atom stereocenters. The Morgan fingerprint density at radius 2 is 1.73 bits per heavy atom. The van der Waals surface area contributed by atoms with Crippen molar-refractivity contribution < 1.29 is 14.0 Å². The van der Waals surface area contributed by atoms with Crippen LogP contribution in [0.15, 0.2) is 34.9 Å². The standard InChI is InChI=1S/C28H32N6O3/c1-15(19-5-6-19)30-26(36)24-31-23(33-34-24)20-3-2-4-21(10-20)27-29-14-22(37-27)25(35)32-28-11-16-7-17(12-28)9-18(8-16)13-28/h2-4,10,14-19H,5-9,11-13H2,1H3,(H,30,36)(H,32,35)(H,31,33,34). The lowest BCUT2D eigenvalue weighted by Crippen LogP contribution is -2.59. The average Bonchev–Trinajstić information content (AvgIpc) is 3.39. The molecule has 1 aromatic carbocycles. The topological polar surface area (TPSA) is 126 Å². The largest absolute Gasteiger partial charge is 0.431 e. The number of hydrogen-bond acceptors (Lipinski definition) is 6. The van der Waals surface area contributed by atoms with E-state index in [4.69, 9.17) is 4.42 Å². The molecular formula is C28H32N6O3. The first-order valence-corrected chi connectivity index (χ1v) is 13.6. The molecular weight excluding hydrogens is 468 g/mol. The SMILES string of the molecule is CC(NC(=O)c1nnc(-c2cccc(-c3ncc(C(=O)NC45CC6CC(CC(C6)C4)C5)o3)c2)[nH]1)C1CC1. The van der Waals surface area contributed by atoms with Crippen molar-refractivity contribution in [3.8, 4) is 22.8 Å². The van der Waals surface area contributed by atoms with Gasteiger partial charge in [0.2, 0.25) is 17.5 Å². The maximum absolute atomic E-state index is 13.1. The lowest BCUT2D eigenvalue weighted by atomic mass is 9.53. The lowest BCUT2D eigenvalue weighted by Gasteiger charge is -2.56. The molecule has 3 N–H and O–H groups in total. The molecule has 8 rings (SSSR count). The van der Waals surface area contributed by atoms with Crippen molar-refractivity contribution in [2.45, 2.75) is 69.9 Å². The predicted octanol–water partition coefficient (Wildman–Crippen LogP) is 4.35. The van der Waals surface area contributed by atoms with Crippen LogP contribution < -0.4 is 10.6 Å². The first-order valence-electron chi connectivity index (χ1n) is 13.6. The number of oxazole rings is 1. The van der Waals surface area contributed by atoms with Crippen LogP contribution in [0.4, 0.5) is 0 Å². The molecule has 2 heterocycles. The quantitative estimate of drug-likeness (QED) is 0.443. The third-order valence-corrected chi connectivity index (χ3v) is 8.92. The summed E-state index contributed by atoms with van der Waals surface area (Å²) in [5.74, 6) is 3.66. The van der Waals surface area contributed by atoms with Crippen LogP contribution in [0.1, 0.15) is 79.5 Å². The predicted molar refractivity (Wildman–Crippen MR) is 135 cm³/mol. The molecule has 3 aromatic rings. The van der Waals surface area contributed by atoms with E-state index in [2.05, 4.69) is 30.8 Å². The van der Waals surface area contributed by atoms with Crippen molar-refractivity contribution >= 4 is 11.8 Å². The first-order chi connectivity index (χ1) is 17.9. The molecule has 5 fully saturated rings. The van der Waals surface area contributed by atoms with Gasteiger partial charge in [0, 0.05) is 22.7 Å². The number of aromatic nitrogens is 4. The Kier molecular flexibility index (Phi) is 5.23. The lowest BCUT2D eigenvalue weighted by molar-refractivity contribution is -0.0171. The Labute approximate surface area is 215 Å². The van der Waals surface area contributed by atoms with Crippen LogP contribution in [0, 0.1) is 23.7 Å². The van der Waals surface area contributed by atoms with Crippen molar-refractivity contribution in [1.29, 1.82) is 0 Å². The van der Waals surface area contributed by atoms with Crippen molar-refractivity contribution in [3.63, 3.8) is 0 Å². The summed E-state index contributed by atoms with van der Waals surface area (Å²) in [7, 11) is 0. The van der Waals surface area contributed by atoms with E-state index >= 15 is 0 Å². The third-order valence-electron chi connectivity index (χ3n) is 8.92. The van der Waals surface area contributed by atoms with Gasteiger partial charge in [-0.2, -0.15) is 0 Å². The highest BCUT2D eigenvalue weighted by atomic mass is 16.4. The van der Waals surface area contributed by atoms with Crippen molar-refractivity contribution in [1.82, 2.24) is 30.8 Å². The van der Waals surface area contributed by atoms with Crippen LogP contribution in [0.3, 0.4) is 0 Å². The minimum Gasteiger partial charge on any atom is -0.431 e. The molecule has 5 aliphatic rings. The van der Waals surface area contributed by atoms with Crippen LogP contribution in [0.2, 0.25) is 0 Å². The van der Waals surface area contributed by atoms with Crippen LogP contribution in [0.5, 0.6) is 0 Å². The Morgan fingerprint density at radius 1 is 1.03 bits per heavy atom. The molecule has 0 saturated heterocycles. The third kappa shape index (κ3) is 4.34. The number of amides is 2. The van der Waals surface area contributed by atoms with Gasteiger partial charge in [-0.3, -0.25) is 9.59 Å². The molecule has 9 nitrogen and oxygen atoms in total. The van der Waals surface area contributed by atoms with E-state index in [1.807, 2.05) is 31.2 Å². The number of carbonyl (C=O) groups is 2. The molecule has 0 radical (unpaired) electrons. The van der Waals surface area contributed by atoms with E-state index in [1.165, 1.54) is 25.5 Å². The molecule has 2 aromatic heterocycles. The maximum Gasteiger partial charge on any atom is 0.289 e. The zero-order valence-corrected chi connectivity index (χ0v) is 21.0. The van der Waals surface area contributed by atoms with E-state index in [9.17, 15) is 9.59 Å². The summed E-state index contributed by atoms with van der Waals surface area (Å²) in [6, 6.07) is 7.60. The van der Waals surface area contributed by atoms with Gasteiger partial charge in [0.1, 0.15) is 0 Å². The van der Waals surface area contributed by atoms with Gasteiger partial charge in [-0.05, 0) is 94.1 Å². The second-order valence-electron chi connectivity index (χ2n) is 11.9. The van der Waals surface area contributed by atoms with Gasteiger partial charge in [-0.25, -0.2) is 4.98 Å². The highest BCUT2D eigenvalue weighted by Gasteiger charge is 2.51. The normalized spacial score (nSPS) is 28.7. The van der Waals surface area contributed by atoms with Gasteiger partial charge < -0.3 is 20.0 Å². The van der Waals surface area contributed by atoms with Crippen LogP contribution in [-0.2, 0) is 0 Å². The van der Waals surface area contributed by atoms with Crippen molar-refractivity contribution in [2.24, 2.45) is 23.7 Å². The molecule has 192 valence electrons. The van der Waals surface area contributed by atoms with Gasteiger partial charge in [-0.15, -0.1) is 10.2 Å². The highest BCUT2D eigenvalue weighted by Crippen LogP contribution is 2.55. The van der Waals surface area contributed by atoms with Gasteiger partial charge in [0.15, 0.2) is 5.82 Å². The summed E-state index contributed by atoms with van der Waals surface area (Å²) in [5.41, 5.74) is 1.39. The first kappa shape index (κ1) is 22.7. The summed E-state index contributed by atoms with van der Waals surface area (Å²) < 4.78 is 5.92. The Balaban J connectivity index is 1.05. The summed E-state index contributed by atoms with van der Waals surface area (Å²) in [4.78, 5) is 33.1. The number of nitrogens with one attached hydrogen (secondary N) is 3. The van der Waals surface area contributed by atoms with Crippen LogP contribution >= 0.6 is 0 Å². The van der Waals surface area contributed by atoms with E-state index in [0.717, 1.165) is 61.0 Å². The number of benzene rings is 1. The smallest absolute Gasteiger partial charge is 0.289 e. The fourth-order valence-corrected chi connectivity index (χ4v) is 7.36. The molecule has 0 spiro atoms. The summed E-state index contributed by atoms with van der Waals surface area (Å²) in [6.45, 7) is 2.02. The van der Waals surface area contributed by atoms with Gasteiger partial charge in [0.25, 0.3) is 11.8 Å². The maximum atomic E-state index is 13.1. The van der Waals surface area contributed by atoms with E-state index in [-0.39, 0.29) is 35.0 Å². The van der Waals surface area contributed by atoms with E-state index < -0.39 is 0 Å². The second kappa shape index (κ2) is 8.53. The fraction of sp³-hybridized carbons (Fsp3) is 0.536. The zero-order valence-electron chi connectivity index (χ0n) is 21.0. The Morgan fingerprint density at radius 3 is 2.43 bits per heavy atom. The number of rotatable bonds is 7. The van der Waals surface area contributed by atoms with Crippen molar-refractivity contribution in [2.75, 3.05) is 0 Å². The van der Waals surface area contributed by atoms with Gasteiger partial charge in [-0.1, -0.05) is 12.1 Å². The molecule has 9 heteroatoms. The van der Waals surface area contributed by atoms with Crippen LogP contribution in [0.25, 0.3) is 22.8 Å². The average molecular weight is 501 g/mol. The molecule has 5 aliphatic carbocycles. The molecule has 37 heavy (non-hydrogen) atoms. The molecule has 5 saturated carbocycles. The van der Waals surface area contributed by atoms with E-state index in [0.29, 0.717) is 17.6 Å². The fourth-order valence-electron chi connectivity index (χ4n) is 7.36. The number of carbonyl (C=O) groups excluding carboxylic acids is 2. The Hall–Kier alpha value is -3.49. The number of nitrogens with zero attached hydrogens (tertiary/aromatic N) is 3. The number of hydrogen-bond donors (Lipinski definition) is 3. The van der Waals surface area contributed by atoms with E-state index in [1.54, 1.807) is 0 Å². The monoisotopic (exact) mass is 500 g/mol. The zero-order chi connectivity index (χ0) is 25.1. The van der Waals surface area contributed by atoms with Gasteiger partial charge >= 0.3 is 0 Å². The minimum atomic E-state index is -0.253. The summed E-state index contributed by atoms with van der Waals surface area (Å²) in [5, 5.41) is 14.5.